The number of carbonyl (C=O) groups excluding carboxylic acids is 3. The highest BCUT2D eigenvalue weighted by Gasteiger charge is 2.54. The van der Waals surface area contributed by atoms with Crippen molar-refractivity contribution in [2.45, 2.75) is 25.3 Å². The molecule has 8 heteroatoms. The number of hydrogen-bond acceptors (Lipinski definition) is 5. The van der Waals surface area contributed by atoms with Gasteiger partial charge in [-0.2, -0.15) is 0 Å². The molecular formula is C23H24N4O4. The maximum absolute atomic E-state index is 13.0. The molecule has 3 aliphatic rings. The summed E-state index contributed by atoms with van der Waals surface area (Å²) in [5.74, 6) is -0.0298. The van der Waals surface area contributed by atoms with Crippen molar-refractivity contribution in [3.05, 3.63) is 58.4 Å². The van der Waals surface area contributed by atoms with Gasteiger partial charge in [0.2, 0.25) is 5.91 Å². The molecule has 0 bridgehead atoms. The second kappa shape index (κ2) is 7.46. The third-order valence-corrected chi connectivity index (χ3v) is 6.55. The maximum atomic E-state index is 13.0. The van der Waals surface area contributed by atoms with Crippen LogP contribution in [0, 0.1) is 11.8 Å². The summed E-state index contributed by atoms with van der Waals surface area (Å²) in [6.45, 7) is 3.34. The first-order valence-electron chi connectivity index (χ1n) is 10.5. The van der Waals surface area contributed by atoms with Crippen LogP contribution in [0.5, 0.6) is 0 Å². The molecule has 31 heavy (non-hydrogen) atoms. The minimum atomic E-state index is -0.352. The van der Waals surface area contributed by atoms with Gasteiger partial charge in [-0.15, -0.1) is 0 Å². The normalized spacial score (nSPS) is 24.1. The van der Waals surface area contributed by atoms with Gasteiger partial charge in [-0.3, -0.25) is 14.4 Å². The van der Waals surface area contributed by atoms with Crippen molar-refractivity contribution in [1.29, 1.82) is 0 Å². The van der Waals surface area contributed by atoms with Crippen molar-refractivity contribution in [2.24, 2.45) is 11.8 Å². The average Bonchev–Trinajstić information content (AvgIpc) is 3.12. The predicted molar refractivity (Wildman–Crippen MR) is 113 cm³/mol. The Morgan fingerprint density at radius 2 is 1.97 bits per heavy atom. The first kappa shape index (κ1) is 19.7. The van der Waals surface area contributed by atoms with Gasteiger partial charge in [0.25, 0.3) is 11.8 Å². The summed E-state index contributed by atoms with van der Waals surface area (Å²) < 4.78 is 5.39. The van der Waals surface area contributed by atoms with Crippen LogP contribution in [0.4, 0.5) is 5.69 Å². The fourth-order valence-corrected chi connectivity index (χ4v) is 4.68. The minimum Gasteiger partial charge on any atom is -0.381 e. The first-order chi connectivity index (χ1) is 15.0. The summed E-state index contributed by atoms with van der Waals surface area (Å²) >= 11 is 0. The quantitative estimate of drug-likeness (QED) is 0.679. The van der Waals surface area contributed by atoms with Crippen molar-refractivity contribution in [3.63, 3.8) is 0 Å². The molecule has 2 fully saturated rings. The second-order valence-electron chi connectivity index (χ2n) is 8.43. The molecule has 1 aromatic carbocycles. The third kappa shape index (κ3) is 3.46. The molecule has 1 saturated carbocycles. The lowest BCUT2D eigenvalue weighted by molar-refractivity contribution is -0.115. The van der Waals surface area contributed by atoms with Crippen molar-refractivity contribution < 1.29 is 19.1 Å². The monoisotopic (exact) mass is 420 g/mol. The average molecular weight is 420 g/mol. The molecule has 1 unspecified atom stereocenters. The van der Waals surface area contributed by atoms with Gasteiger partial charge in [0, 0.05) is 47.8 Å². The lowest BCUT2D eigenvalue weighted by Gasteiger charge is -2.17. The van der Waals surface area contributed by atoms with Crippen LogP contribution in [0.25, 0.3) is 0 Å². The fraction of sp³-hybridized carbons (Fsp3) is 0.391. The molecule has 2 aromatic rings. The highest BCUT2D eigenvalue weighted by atomic mass is 16.5. The summed E-state index contributed by atoms with van der Waals surface area (Å²) in [5, 5.41) is 8.52. The van der Waals surface area contributed by atoms with E-state index in [0.717, 1.165) is 16.8 Å². The zero-order valence-electron chi connectivity index (χ0n) is 17.4. The number of hydrogen-bond donors (Lipinski definition) is 3. The van der Waals surface area contributed by atoms with E-state index in [2.05, 4.69) is 20.9 Å². The molecule has 0 spiro atoms. The number of anilines is 1. The van der Waals surface area contributed by atoms with Crippen LogP contribution in [0.1, 0.15) is 50.5 Å². The smallest absolute Gasteiger partial charge is 0.269 e. The van der Waals surface area contributed by atoms with Crippen LogP contribution in [0.15, 0.2) is 30.3 Å². The summed E-state index contributed by atoms with van der Waals surface area (Å²) in [7, 11) is 1.53. The Kier molecular flexibility index (Phi) is 4.74. The number of benzene rings is 1. The summed E-state index contributed by atoms with van der Waals surface area (Å²) in [5.41, 5.74) is 3.90. The van der Waals surface area contributed by atoms with Crippen LogP contribution in [0.2, 0.25) is 0 Å². The first-order valence-corrected chi connectivity index (χ1v) is 10.5. The van der Waals surface area contributed by atoms with E-state index in [-0.39, 0.29) is 35.4 Å². The molecule has 5 rings (SSSR count). The SMILES string of the molecule is CNC(=O)c1cc(C(=O)N[C@H]2[C@@H]3COC[C@@H]32)cc(C(C)c2cccc3c2CC(=O)N3)n1. The highest BCUT2D eigenvalue weighted by Crippen LogP contribution is 2.44. The molecule has 0 radical (unpaired) electrons. The van der Waals surface area contributed by atoms with E-state index in [4.69, 9.17) is 4.74 Å². The van der Waals surface area contributed by atoms with Gasteiger partial charge in [-0.05, 0) is 29.3 Å². The standard InChI is InChI=1S/C23H24N4O4/c1-11(13-4-3-5-17-14(13)8-20(28)26-17)18-6-12(7-19(25-18)23(30)24-2)22(29)27-21-15-9-31-10-16(15)21/h3-7,11,15-16,21H,8-10H2,1-2H3,(H,24,30)(H,26,28)(H,27,29)/t11?,15-,16+,21+. The minimum absolute atomic E-state index is 0.0410. The predicted octanol–water partition coefficient (Wildman–Crippen LogP) is 1.46. The van der Waals surface area contributed by atoms with E-state index in [1.807, 2.05) is 25.1 Å². The van der Waals surface area contributed by atoms with Crippen LogP contribution in [-0.2, 0) is 16.0 Å². The van der Waals surface area contributed by atoms with Gasteiger partial charge in [-0.1, -0.05) is 19.1 Å². The van der Waals surface area contributed by atoms with E-state index < -0.39 is 0 Å². The van der Waals surface area contributed by atoms with E-state index >= 15 is 0 Å². The molecule has 3 N–H and O–H groups in total. The molecule has 160 valence electrons. The number of ether oxygens (including phenoxy) is 1. The van der Waals surface area contributed by atoms with Gasteiger partial charge >= 0.3 is 0 Å². The molecule has 8 nitrogen and oxygen atoms in total. The van der Waals surface area contributed by atoms with Crippen LogP contribution in [0.3, 0.4) is 0 Å². The van der Waals surface area contributed by atoms with Crippen molar-refractivity contribution in [3.8, 4) is 0 Å². The van der Waals surface area contributed by atoms with E-state index in [1.54, 1.807) is 6.07 Å². The molecule has 3 amide bonds. The number of amides is 3. The van der Waals surface area contributed by atoms with Gasteiger partial charge in [0.15, 0.2) is 0 Å². The third-order valence-electron chi connectivity index (χ3n) is 6.55. The van der Waals surface area contributed by atoms with Crippen LogP contribution >= 0.6 is 0 Å². The topological polar surface area (TPSA) is 109 Å². The fourth-order valence-electron chi connectivity index (χ4n) is 4.68. The van der Waals surface area contributed by atoms with Gasteiger partial charge in [0.1, 0.15) is 5.69 Å². The lowest BCUT2D eigenvalue weighted by Crippen LogP contribution is -2.30. The van der Waals surface area contributed by atoms with Crippen molar-refractivity contribution in [2.75, 3.05) is 25.6 Å². The molecule has 1 aliphatic carbocycles. The zero-order valence-corrected chi connectivity index (χ0v) is 17.4. The maximum Gasteiger partial charge on any atom is 0.269 e. The number of aromatic nitrogens is 1. The summed E-state index contributed by atoms with van der Waals surface area (Å²) in [6, 6.07) is 9.13. The van der Waals surface area contributed by atoms with Gasteiger partial charge in [-0.25, -0.2) is 4.98 Å². The number of nitrogens with one attached hydrogen (secondary N) is 3. The number of rotatable bonds is 5. The highest BCUT2D eigenvalue weighted by molar-refractivity contribution is 6.00. The molecule has 1 saturated heterocycles. The Balaban J connectivity index is 1.47. The van der Waals surface area contributed by atoms with E-state index in [9.17, 15) is 14.4 Å². The summed E-state index contributed by atoms with van der Waals surface area (Å²) in [6.07, 6.45) is 0.310. The van der Waals surface area contributed by atoms with Crippen LogP contribution in [-0.4, -0.2) is 49.0 Å². The lowest BCUT2D eigenvalue weighted by atomic mass is 9.90. The Morgan fingerprint density at radius 3 is 2.71 bits per heavy atom. The second-order valence-corrected chi connectivity index (χ2v) is 8.43. The Morgan fingerprint density at radius 1 is 1.19 bits per heavy atom. The van der Waals surface area contributed by atoms with Gasteiger partial charge < -0.3 is 20.7 Å². The number of carbonyl (C=O) groups is 3. The van der Waals surface area contributed by atoms with E-state index in [0.29, 0.717) is 42.7 Å². The number of fused-ring (bicyclic) bond motifs is 2. The Hall–Kier alpha value is -3.26. The van der Waals surface area contributed by atoms with Crippen LogP contribution < -0.4 is 16.0 Å². The molecule has 4 atom stereocenters. The Bertz CT molecular complexity index is 1090. The van der Waals surface area contributed by atoms with Crippen molar-refractivity contribution >= 4 is 23.4 Å². The number of pyridine rings is 1. The molecule has 1 aromatic heterocycles. The Labute approximate surface area is 179 Å². The summed E-state index contributed by atoms with van der Waals surface area (Å²) in [4.78, 5) is 41.7. The molecular weight excluding hydrogens is 396 g/mol. The largest absolute Gasteiger partial charge is 0.381 e. The van der Waals surface area contributed by atoms with Gasteiger partial charge in [0.05, 0.1) is 19.6 Å². The molecule has 3 heterocycles. The zero-order chi connectivity index (χ0) is 21.7. The molecule has 2 aliphatic heterocycles. The van der Waals surface area contributed by atoms with E-state index in [1.165, 1.54) is 13.1 Å². The number of nitrogens with zero attached hydrogens (tertiary/aromatic N) is 1. The van der Waals surface area contributed by atoms with Crippen molar-refractivity contribution in [1.82, 2.24) is 15.6 Å².